The van der Waals surface area contributed by atoms with Gasteiger partial charge in [-0.15, -0.1) is 0 Å². The fourth-order valence-electron chi connectivity index (χ4n) is 3.94. The number of hydrogen-bond donors (Lipinski definition) is 1. The van der Waals surface area contributed by atoms with E-state index in [0.717, 1.165) is 12.5 Å². The maximum Gasteiger partial charge on any atom is 0.134 e. The Hall–Kier alpha value is -2.78. The predicted molar refractivity (Wildman–Crippen MR) is 133 cm³/mol. The zero-order valence-corrected chi connectivity index (χ0v) is 19.5. The molecule has 0 aromatic heterocycles. The molecule has 0 radical (unpaired) electrons. The molecule has 0 saturated heterocycles. The van der Waals surface area contributed by atoms with Crippen LogP contribution in [0.1, 0.15) is 34.1 Å². The third-order valence-corrected chi connectivity index (χ3v) is 11.6. The molecule has 0 saturated carbocycles. The third-order valence-electron chi connectivity index (χ3n) is 5.41. The quantitative estimate of drug-likeness (QED) is 0.405. The van der Waals surface area contributed by atoms with Gasteiger partial charge in [0.1, 0.15) is 14.2 Å². The van der Waals surface area contributed by atoms with E-state index in [9.17, 15) is 5.11 Å². The number of benzene rings is 2. The summed E-state index contributed by atoms with van der Waals surface area (Å²) in [5.41, 5.74) is 0. The van der Waals surface area contributed by atoms with Crippen LogP contribution in [0.25, 0.3) is 0 Å². The van der Waals surface area contributed by atoms with Crippen LogP contribution in [-0.2, 0) is 0 Å². The van der Waals surface area contributed by atoms with Crippen molar-refractivity contribution in [2.24, 2.45) is 0 Å². The van der Waals surface area contributed by atoms with E-state index in [1.165, 1.54) is 10.4 Å². The largest absolute Gasteiger partial charge is 0.377 e. The molecule has 0 aliphatic rings. The Morgan fingerprint density at radius 3 is 1.97 bits per heavy atom. The van der Waals surface area contributed by atoms with Crippen LogP contribution < -0.4 is 10.4 Å². The maximum absolute atomic E-state index is 9.81. The van der Waals surface area contributed by atoms with E-state index in [4.69, 9.17) is 0 Å². The summed E-state index contributed by atoms with van der Waals surface area (Å²) in [7, 11) is -2.07. The molecule has 154 valence electrons. The molecule has 0 spiro atoms. The molecule has 1 atom stereocenters. The lowest BCUT2D eigenvalue weighted by molar-refractivity contribution is 0.281. The molecule has 0 aliphatic carbocycles. The third kappa shape index (κ3) is 6.11. The highest BCUT2D eigenvalue weighted by atomic mass is 28.3. The van der Waals surface area contributed by atoms with E-state index < -0.39 is 14.2 Å². The lowest BCUT2D eigenvalue weighted by atomic mass is 10.2. The highest BCUT2D eigenvalue weighted by Gasteiger charge is 2.46. The van der Waals surface area contributed by atoms with Gasteiger partial charge in [0, 0.05) is 6.42 Å². The van der Waals surface area contributed by atoms with Crippen LogP contribution >= 0.6 is 0 Å². The number of hydrogen-bond acceptors (Lipinski definition) is 1. The van der Waals surface area contributed by atoms with Gasteiger partial charge < -0.3 is 5.11 Å². The van der Waals surface area contributed by atoms with Gasteiger partial charge in [-0.1, -0.05) is 122 Å². The van der Waals surface area contributed by atoms with Crippen molar-refractivity contribution in [2.45, 2.75) is 51.3 Å². The Morgan fingerprint density at radius 2 is 1.47 bits per heavy atom. The molecule has 1 nitrogen and oxygen atoms in total. The molecule has 0 bridgehead atoms. The number of allylic oxidation sites excluding steroid dienone is 3. The highest BCUT2D eigenvalue weighted by Crippen LogP contribution is 2.39. The van der Waals surface area contributed by atoms with Crippen molar-refractivity contribution in [1.82, 2.24) is 0 Å². The van der Waals surface area contributed by atoms with Crippen molar-refractivity contribution < 1.29 is 5.11 Å². The Balaban J connectivity index is 2.29. The van der Waals surface area contributed by atoms with Crippen LogP contribution in [-0.4, -0.2) is 19.3 Å². The van der Waals surface area contributed by atoms with Gasteiger partial charge in [-0.3, -0.25) is 0 Å². The van der Waals surface area contributed by atoms with Crippen molar-refractivity contribution in [1.29, 1.82) is 0 Å². The molecule has 0 fully saturated rings. The summed E-state index contributed by atoms with van der Waals surface area (Å²) in [6.45, 7) is 9.01. The van der Waals surface area contributed by atoms with Crippen molar-refractivity contribution in [3.05, 3.63) is 85.0 Å². The number of aliphatic hydroxyl groups is 1. The molecule has 2 aromatic carbocycles. The predicted octanol–water partition coefficient (Wildman–Crippen LogP) is 4.94. The second kappa shape index (κ2) is 11.4. The first-order valence-electron chi connectivity index (χ1n) is 10.5. The normalized spacial score (nSPS) is 12.8. The summed E-state index contributed by atoms with van der Waals surface area (Å²) >= 11 is 0. The highest BCUT2D eigenvalue weighted by molar-refractivity contribution is 7.04. The van der Waals surface area contributed by atoms with Crippen LogP contribution in [0.3, 0.4) is 0 Å². The van der Waals surface area contributed by atoms with Crippen molar-refractivity contribution in [3.8, 4) is 23.7 Å². The van der Waals surface area contributed by atoms with Crippen molar-refractivity contribution >= 4 is 18.4 Å². The van der Waals surface area contributed by atoms with Gasteiger partial charge in [0.2, 0.25) is 0 Å². The molecule has 0 heterocycles. The Bertz CT molecular complexity index is 918. The lowest BCUT2D eigenvalue weighted by Crippen LogP contribution is -2.64. The molecule has 0 amide bonds. The van der Waals surface area contributed by atoms with Crippen LogP contribution in [0.15, 0.2) is 85.0 Å². The van der Waals surface area contributed by atoms with Crippen LogP contribution in [0.4, 0.5) is 0 Å². The van der Waals surface area contributed by atoms with Gasteiger partial charge in [0.15, 0.2) is 0 Å². The fourth-order valence-corrected chi connectivity index (χ4v) is 9.35. The number of aliphatic hydroxyl groups excluding tert-OH is 1. The minimum absolute atomic E-state index is 0.136. The van der Waals surface area contributed by atoms with E-state index in [0.29, 0.717) is 0 Å². The maximum atomic E-state index is 9.81. The zero-order chi connectivity index (χ0) is 21.9. The molecule has 1 N–H and O–H groups in total. The van der Waals surface area contributed by atoms with Crippen LogP contribution in [0.2, 0.25) is 11.1 Å². The summed E-state index contributed by atoms with van der Waals surface area (Å²) in [5, 5.41) is 12.8. The molecular weight excluding hydrogens is 380 g/mol. The van der Waals surface area contributed by atoms with E-state index in [1.807, 2.05) is 19.1 Å². The monoisotopic (exact) mass is 412 g/mol. The SMILES string of the molecule is C/C=C/C=C/C(O)C#CC#CCC[Si](c1ccccc1)(c1ccccc1)C(C)(C)C. The van der Waals surface area contributed by atoms with Gasteiger partial charge in [-0.2, -0.15) is 0 Å². The first-order chi connectivity index (χ1) is 14.4. The van der Waals surface area contributed by atoms with Gasteiger partial charge >= 0.3 is 0 Å². The van der Waals surface area contributed by atoms with Gasteiger partial charge in [-0.25, -0.2) is 0 Å². The molecule has 2 heteroatoms. The van der Waals surface area contributed by atoms with E-state index in [1.54, 1.807) is 12.2 Å². The fraction of sp³-hybridized carbons (Fsp3) is 0.286. The molecule has 1 unspecified atom stereocenters. The molecule has 2 rings (SSSR count). The zero-order valence-electron chi connectivity index (χ0n) is 18.5. The summed E-state index contributed by atoms with van der Waals surface area (Å²) in [4.78, 5) is 0. The van der Waals surface area contributed by atoms with E-state index in [-0.39, 0.29) is 5.04 Å². The summed E-state index contributed by atoms with van der Waals surface area (Å²) in [6, 6.07) is 22.9. The standard InChI is InChI=1S/C28H32OSi/c1-5-6-11-18-25(29)19-12-7-8-17-24-30(28(2,3)4,26-20-13-9-14-21-26)27-22-15-10-16-23-27/h5-6,9-11,13-16,18,20-23,25,29H,17,24H2,1-4H3/b6-5+,18-11+. The van der Waals surface area contributed by atoms with Gasteiger partial charge in [-0.05, 0) is 35.9 Å². The smallest absolute Gasteiger partial charge is 0.134 e. The van der Waals surface area contributed by atoms with E-state index in [2.05, 4.69) is 105 Å². The van der Waals surface area contributed by atoms with Gasteiger partial charge in [0.05, 0.1) is 0 Å². The summed E-state index contributed by atoms with van der Waals surface area (Å²) in [5.74, 6) is 11.7. The molecule has 2 aromatic rings. The summed E-state index contributed by atoms with van der Waals surface area (Å²) in [6.07, 6.45) is 7.20. The first kappa shape index (κ1) is 23.5. The number of rotatable bonds is 6. The van der Waals surface area contributed by atoms with E-state index >= 15 is 0 Å². The van der Waals surface area contributed by atoms with Crippen molar-refractivity contribution in [3.63, 3.8) is 0 Å². The molecular formula is C28H32OSi. The molecule has 0 aliphatic heterocycles. The Labute approximate surface area is 183 Å². The first-order valence-corrected chi connectivity index (χ1v) is 12.7. The van der Waals surface area contributed by atoms with Gasteiger partial charge in [0.25, 0.3) is 0 Å². The Kier molecular flexibility index (Phi) is 8.94. The lowest BCUT2D eigenvalue weighted by Gasteiger charge is -2.44. The topological polar surface area (TPSA) is 20.2 Å². The van der Waals surface area contributed by atoms with Crippen LogP contribution in [0, 0.1) is 23.7 Å². The second-order valence-electron chi connectivity index (χ2n) is 8.31. The van der Waals surface area contributed by atoms with Crippen LogP contribution in [0.5, 0.6) is 0 Å². The summed E-state index contributed by atoms with van der Waals surface area (Å²) < 4.78 is 0. The molecule has 30 heavy (non-hydrogen) atoms. The minimum Gasteiger partial charge on any atom is -0.377 e. The average molecular weight is 413 g/mol. The average Bonchev–Trinajstić information content (AvgIpc) is 2.74. The Morgan fingerprint density at radius 1 is 0.900 bits per heavy atom. The van der Waals surface area contributed by atoms with Crippen molar-refractivity contribution in [2.75, 3.05) is 0 Å². The second-order valence-corrected chi connectivity index (χ2v) is 13.3. The minimum atomic E-state index is -2.07.